The van der Waals surface area contributed by atoms with Gasteiger partial charge in [0.05, 0.1) is 11.1 Å². The topological polar surface area (TPSA) is 42.2 Å². The van der Waals surface area contributed by atoms with Crippen LogP contribution in [-0.2, 0) is 19.1 Å². The summed E-state index contributed by atoms with van der Waals surface area (Å²) in [5.41, 5.74) is 0.873. The maximum Gasteiger partial charge on any atom is 0.426 e. The molecule has 3 rings (SSSR count). The third-order valence-electron chi connectivity index (χ3n) is 5.09. The van der Waals surface area contributed by atoms with E-state index < -0.39 is 23.3 Å². The van der Waals surface area contributed by atoms with Gasteiger partial charge in [0.1, 0.15) is 18.4 Å². The van der Waals surface area contributed by atoms with Gasteiger partial charge in [0.15, 0.2) is 11.6 Å². The first-order chi connectivity index (χ1) is 15.8. The molecule has 0 unspecified atom stereocenters. The van der Waals surface area contributed by atoms with Gasteiger partial charge in [0, 0.05) is 0 Å². The van der Waals surface area contributed by atoms with E-state index in [1.165, 1.54) is 36.4 Å². The van der Waals surface area contributed by atoms with Crippen molar-refractivity contribution < 1.29 is 27.0 Å². The zero-order valence-corrected chi connectivity index (χ0v) is 18.1. The van der Waals surface area contributed by atoms with E-state index >= 15 is 0 Å². The van der Waals surface area contributed by atoms with Crippen molar-refractivity contribution in [2.24, 2.45) is 0 Å². The Labute approximate surface area is 190 Å². The van der Waals surface area contributed by atoms with Crippen molar-refractivity contribution in [3.05, 3.63) is 94.6 Å². The number of hydrogen-bond acceptors (Lipinski definition) is 3. The average Bonchev–Trinajstić information content (AvgIpc) is 2.81. The van der Waals surface area contributed by atoms with Crippen molar-refractivity contribution >= 4 is 0 Å². The first kappa shape index (κ1) is 24.1. The molecular weight excluding hydrogens is 434 g/mol. The van der Waals surface area contributed by atoms with Gasteiger partial charge in [-0.05, 0) is 60.4 Å². The molecule has 0 aliphatic carbocycles. The lowest BCUT2D eigenvalue weighted by Gasteiger charge is -2.19. The minimum absolute atomic E-state index is 0.0497. The van der Waals surface area contributed by atoms with E-state index in [9.17, 15) is 17.6 Å². The number of unbranched alkanes of at least 4 members (excludes halogenated alkanes) is 2. The predicted molar refractivity (Wildman–Crippen MR) is 116 cm³/mol. The molecule has 0 N–H and O–H groups in total. The average molecular weight is 457 g/mol. The molecule has 0 spiro atoms. The molecule has 0 aliphatic rings. The Hall–Kier alpha value is -3.53. The maximum absolute atomic E-state index is 14.5. The van der Waals surface area contributed by atoms with E-state index in [0.29, 0.717) is 5.56 Å². The summed E-state index contributed by atoms with van der Waals surface area (Å²) in [5.74, 6) is -2.94. The first-order valence-electron chi connectivity index (χ1n) is 10.6. The normalized spacial score (nSPS) is 11.2. The minimum atomic E-state index is -3.51. The number of nitrogens with zero attached hydrogens (tertiary/aromatic N) is 1. The van der Waals surface area contributed by atoms with Crippen molar-refractivity contribution in [3.63, 3.8) is 0 Å². The highest BCUT2D eigenvalue weighted by molar-refractivity contribution is 5.38. The summed E-state index contributed by atoms with van der Waals surface area (Å²) in [7, 11) is 0. The highest BCUT2D eigenvalue weighted by Crippen LogP contribution is 2.32. The van der Waals surface area contributed by atoms with Gasteiger partial charge in [-0.2, -0.15) is 18.4 Å². The highest BCUT2D eigenvalue weighted by Gasteiger charge is 2.34. The van der Waals surface area contributed by atoms with E-state index in [2.05, 4.69) is 6.92 Å². The summed E-state index contributed by atoms with van der Waals surface area (Å²) < 4.78 is 66.8. The van der Waals surface area contributed by atoms with Crippen molar-refractivity contribution in [2.75, 3.05) is 0 Å². The minimum Gasteiger partial charge on any atom is -0.486 e. The van der Waals surface area contributed by atoms with Gasteiger partial charge in [-0.25, -0.2) is 4.39 Å². The van der Waals surface area contributed by atoms with Gasteiger partial charge in [-0.3, -0.25) is 0 Å². The van der Waals surface area contributed by atoms with Gasteiger partial charge in [0.25, 0.3) is 0 Å². The smallest absolute Gasteiger partial charge is 0.426 e. The van der Waals surface area contributed by atoms with Crippen LogP contribution in [0.4, 0.5) is 17.6 Å². The van der Waals surface area contributed by atoms with Gasteiger partial charge in [-0.1, -0.05) is 44.0 Å². The van der Waals surface area contributed by atoms with E-state index in [1.807, 2.05) is 0 Å². The number of aryl methyl sites for hydroxylation is 1. The zero-order chi connectivity index (χ0) is 23.8. The lowest BCUT2D eigenvalue weighted by Crippen LogP contribution is -2.21. The summed E-state index contributed by atoms with van der Waals surface area (Å²) in [6.07, 6.45) is 0.554. The van der Waals surface area contributed by atoms with Crippen LogP contribution >= 0.6 is 0 Å². The SMILES string of the molecule is CCCCCc1ccc(C(F)(F)Oc2ccc(COc3ccc(C#N)c(F)c3F)cc2)cc1. The second-order valence-electron chi connectivity index (χ2n) is 7.56. The van der Waals surface area contributed by atoms with Crippen LogP contribution in [0.1, 0.15) is 48.4 Å². The fraction of sp³-hybridized carbons (Fsp3) is 0.269. The number of hydrogen-bond donors (Lipinski definition) is 0. The van der Waals surface area contributed by atoms with Crippen molar-refractivity contribution in [1.82, 2.24) is 0 Å². The Morgan fingerprint density at radius 2 is 1.52 bits per heavy atom. The molecule has 0 atom stereocenters. The maximum atomic E-state index is 14.5. The Bertz CT molecular complexity index is 1110. The fourth-order valence-corrected chi connectivity index (χ4v) is 3.20. The lowest BCUT2D eigenvalue weighted by molar-refractivity contribution is -0.185. The molecule has 0 radical (unpaired) electrons. The third-order valence-corrected chi connectivity index (χ3v) is 5.09. The van der Waals surface area contributed by atoms with Crippen LogP contribution in [0.15, 0.2) is 60.7 Å². The van der Waals surface area contributed by atoms with E-state index in [-0.39, 0.29) is 23.7 Å². The zero-order valence-electron chi connectivity index (χ0n) is 18.1. The predicted octanol–water partition coefficient (Wildman–Crippen LogP) is 7.28. The summed E-state index contributed by atoms with van der Waals surface area (Å²) in [6.45, 7) is 1.98. The lowest BCUT2D eigenvalue weighted by atomic mass is 10.1. The van der Waals surface area contributed by atoms with Crippen LogP contribution in [0.5, 0.6) is 11.5 Å². The summed E-state index contributed by atoms with van der Waals surface area (Å²) in [4.78, 5) is 0. The molecule has 3 nitrogen and oxygen atoms in total. The monoisotopic (exact) mass is 457 g/mol. The van der Waals surface area contributed by atoms with Crippen LogP contribution in [0, 0.1) is 23.0 Å². The molecule has 0 aliphatic heterocycles. The number of ether oxygens (including phenoxy) is 2. The van der Waals surface area contributed by atoms with Crippen LogP contribution in [-0.4, -0.2) is 0 Å². The van der Waals surface area contributed by atoms with Crippen LogP contribution in [0.2, 0.25) is 0 Å². The second-order valence-corrected chi connectivity index (χ2v) is 7.56. The second kappa shape index (κ2) is 10.9. The molecule has 0 saturated heterocycles. The molecule has 0 bridgehead atoms. The molecule has 33 heavy (non-hydrogen) atoms. The molecular formula is C26H23F4NO2. The van der Waals surface area contributed by atoms with Crippen LogP contribution in [0.3, 0.4) is 0 Å². The molecule has 0 fully saturated rings. The molecule has 0 saturated carbocycles. The first-order valence-corrected chi connectivity index (χ1v) is 10.6. The Balaban J connectivity index is 1.59. The number of benzene rings is 3. The number of rotatable bonds is 10. The van der Waals surface area contributed by atoms with E-state index in [4.69, 9.17) is 14.7 Å². The van der Waals surface area contributed by atoms with Gasteiger partial charge < -0.3 is 9.47 Å². The Morgan fingerprint density at radius 1 is 0.848 bits per heavy atom. The number of halogens is 4. The largest absolute Gasteiger partial charge is 0.486 e. The summed E-state index contributed by atoms with van der Waals surface area (Å²) in [5, 5.41) is 8.71. The van der Waals surface area contributed by atoms with Crippen molar-refractivity contribution in [3.8, 4) is 17.6 Å². The number of alkyl halides is 2. The molecule has 0 aromatic heterocycles. The van der Waals surface area contributed by atoms with E-state index in [0.717, 1.165) is 43.4 Å². The van der Waals surface area contributed by atoms with E-state index in [1.54, 1.807) is 18.2 Å². The van der Waals surface area contributed by atoms with Crippen molar-refractivity contribution in [2.45, 2.75) is 45.3 Å². The molecule has 0 amide bonds. The highest BCUT2D eigenvalue weighted by atomic mass is 19.3. The molecule has 3 aromatic carbocycles. The molecule has 3 aromatic rings. The Kier molecular flexibility index (Phi) is 7.94. The standard InChI is InChI=1S/C26H23F4NO2/c1-2-3-4-5-18-6-11-21(12-7-18)26(29,30)33-22-13-8-19(9-14-22)17-32-23-15-10-20(16-31)24(27)25(23)28/h6-15H,2-5,17H2,1H3. The summed E-state index contributed by atoms with van der Waals surface area (Å²) >= 11 is 0. The van der Waals surface area contributed by atoms with Gasteiger partial charge >= 0.3 is 6.11 Å². The van der Waals surface area contributed by atoms with Gasteiger partial charge in [-0.15, -0.1) is 0 Å². The fourth-order valence-electron chi connectivity index (χ4n) is 3.20. The Morgan fingerprint density at radius 3 is 2.15 bits per heavy atom. The van der Waals surface area contributed by atoms with Crippen LogP contribution < -0.4 is 9.47 Å². The van der Waals surface area contributed by atoms with Gasteiger partial charge in [0.2, 0.25) is 5.82 Å². The summed E-state index contributed by atoms with van der Waals surface area (Å²) in [6, 6.07) is 15.6. The molecule has 0 heterocycles. The third kappa shape index (κ3) is 6.26. The quantitative estimate of drug-likeness (QED) is 0.237. The molecule has 7 heteroatoms. The number of nitriles is 1. The molecule has 172 valence electrons. The van der Waals surface area contributed by atoms with Crippen LogP contribution in [0.25, 0.3) is 0 Å². The van der Waals surface area contributed by atoms with Crippen molar-refractivity contribution in [1.29, 1.82) is 5.26 Å².